The summed E-state index contributed by atoms with van der Waals surface area (Å²) in [7, 11) is 9.38. The molecule has 2 aromatic heterocycles. The predicted molar refractivity (Wildman–Crippen MR) is 201 cm³/mol. The second-order valence-electron chi connectivity index (χ2n) is 13.8. The van der Waals surface area contributed by atoms with Crippen LogP contribution in [0.15, 0.2) is 72.8 Å². The summed E-state index contributed by atoms with van der Waals surface area (Å²) in [5, 5.41) is 2.01. The Balaban J connectivity index is 1.28. The molecule has 0 aliphatic carbocycles. The molecule has 6 aromatic rings. The number of hydrogen-bond acceptors (Lipinski definition) is 8. The quantitative estimate of drug-likeness (QED) is 0.193. The highest BCUT2D eigenvalue weighted by molar-refractivity contribution is 6.01. The van der Waals surface area contributed by atoms with Crippen molar-refractivity contribution in [2.75, 3.05) is 42.7 Å². The van der Waals surface area contributed by atoms with Crippen LogP contribution in [-0.4, -0.2) is 86.3 Å². The smallest absolute Gasteiger partial charge is 0.247 e. The maximum absolute atomic E-state index is 15.5. The van der Waals surface area contributed by atoms with Crippen molar-refractivity contribution >= 4 is 33.6 Å². The summed E-state index contributed by atoms with van der Waals surface area (Å²) < 4.78 is 34.5. The molecule has 0 radical (unpaired) electrons. The van der Waals surface area contributed by atoms with Crippen molar-refractivity contribution in [3.05, 3.63) is 106 Å². The Labute approximate surface area is 311 Å². The van der Waals surface area contributed by atoms with E-state index < -0.39 is 24.2 Å². The SMILES string of the molecule is COc1cc([C@@H]2c3[nH]c4ccccc4c3C[C@@H]3C(=O)N4[C@@H](c5cc(OC)c(OC)c(OC)c5)c5[nH]c6ccccc6c5C[C@H]4C(=O)N23)cc(OC)c1OC. The molecule has 1 fully saturated rings. The number of H-pyrrole nitrogens is 2. The molecule has 54 heavy (non-hydrogen) atoms. The lowest BCUT2D eigenvalue weighted by atomic mass is 9.80. The van der Waals surface area contributed by atoms with Crippen LogP contribution in [0.2, 0.25) is 0 Å². The van der Waals surface area contributed by atoms with Crippen LogP contribution in [-0.2, 0) is 22.4 Å². The maximum Gasteiger partial charge on any atom is 0.247 e. The van der Waals surface area contributed by atoms with Gasteiger partial charge in [-0.15, -0.1) is 0 Å². The van der Waals surface area contributed by atoms with E-state index in [2.05, 4.69) is 22.1 Å². The van der Waals surface area contributed by atoms with Gasteiger partial charge in [0.25, 0.3) is 0 Å². The lowest BCUT2D eigenvalue weighted by Crippen LogP contribution is -2.69. The molecule has 2 N–H and O–H groups in total. The fraction of sp³-hybridized carbons (Fsp3) is 0.286. The molecule has 0 saturated carbocycles. The average molecular weight is 729 g/mol. The molecule has 3 aliphatic rings. The number of aromatic amines is 2. The van der Waals surface area contributed by atoms with Crippen molar-refractivity contribution in [2.45, 2.75) is 37.0 Å². The van der Waals surface area contributed by atoms with Gasteiger partial charge in [0.1, 0.15) is 12.1 Å². The van der Waals surface area contributed by atoms with E-state index in [0.717, 1.165) is 55.4 Å². The highest BCUT2D eigenvalue weighted by Gasteiger charge is 2.56. The van der Waals surface area contributed by atoms with Gasteiger partial charge in [0, 0.05) is 46.0 Å². The van der Waals surface area contributed by atoms with Gasteiger partial charge in [0.05, 0.1) is 54.7 Å². The van der Waals surface area contributed by atoms with Crippen LogP contribution in [0.4, 0.5) is 0 Å². The second-order valence-corrected chi connectivity index (χ2v) is 13.8. The number of piperazine rings is 1. The van der Waals surface area contributed by atoms with Gasteiger partial charge >= 0.3 is 0 Å². The Hall–Kier alpha value is -6.30. The molecular formula is C42H40N4O8. The Kier molecular flexibility index (Phi) is 7.87. The molecule has 3 aliphatic heterocycles. The number of carbonyl (C=O) groups is 2. The number of nitrogens with zero attached hydrogens (tertiary/aromatic N) is 2. The molecule has 4 atom stereocenters. The highest BCUT2D eigenvalue weighted by atomic mass is 16.5. The van der Waals surface area contributed by atoms with Gasteiger partial charge in [0.15, 0.2) is 23.0 Å². The van der Waals surface area contributed by atoms with Crippen LogP contribution in [0.5, 0.6) is 34.5 Å². The van der Waals surface area contributed by atoms with Gasteiger partial charge in [0.2, 0.25) is 23.3 Å². The van der Waals surface area contributed by atoms with E-state index in [1.165, 1.54) is 0 Å². The summed E-state index contributed by atoms with van der Waals surface area (Å²) in [6, 6.07) is 20.6. The first kappa shape index (κ1) is 33.5. The highest BCUT2D eigenvalue weighted by Crippen LogP contribution is 2.52. The van der Waals surface area contributed by atoms with Crippen LogP contribution >= 0.6 is 0 Å². The number of carbonyl (C=O) groups excluding carboxylic acids is 2. The number of rotatable bonds is 8. The van der Waals surface area contributed by atoms with Crippen molar-refractivity contribution in [3.63, 3.8) is 0 Å². The minimum atomic E-state index is -0.819. The Morgan fingerprint density at radius 1 is 0.519 bits per heavy atom. The third-order valence-electron chi connectivity index (χ3n) is 11.3. The molecule has 0 unspecified atom stereocenters. The van der Waals surface area contributed by atoms with E-state index in [0.29, 0.717) is 47.3 Å². The van der Waals surface area contributed by atoms with Gasteiger partial charge in [-0.3, -0.25) is 9.59 Å². The van der Waals surface area contributed by atoms with E-state index >= 15 is 9.59 Å². The summed E-state index contributed by atoms with van der Waals surface area (Å²) in [5.41, 5.74) is 6.96. The van der Waals surface area contributed by atoms with Gasteiger partial charge < -0.3 is 48.2 Å². The lowest BCUT2D eigenvalue weighted by molar-refractivity contribution is -0.167. The fourth-order valence-electron chi connectivity index (χ4n) is 9.06. The minimum Gasteiger partial charge on any atom is -0.493 e. The van der Waals surface area contributed by atoms with Crippen molar-refractivity contribution in [3.8, 4) is 34.5 Å². The largest absolute Gasteiger partial charge is 0.493 e. The Bertz CT molecular complexity index is 2260. The van der Waals surface area contributed by atoms with Crippen LogP contribution in [0.3, 0.4) is 0 Å². The summed E-state index contributed by atoms with van der Waals surface area (Å²) in [6.45, 7) is 0. The zero-order valence-corrected chi connectivity index (χ0v) is 30.8. The van der Waals surface area contributed by atoms with E-state index in [1.54, 1.807) is 52.5 Å². The van der Waals surface area contributed by atoms with Crippen molar-refractivity contribution in [1.29, 1.82) is 0 Å². The van der Waals surface area contributed by atoms with Crippen LogP contribution in [0, 0.1) is 0 Å². The van der Waals surface area contributed by atoms with E-state index in [1.807, 2.05) is 60.7 Å². The van der Waals surface area contributed by atoms with Crippen LogP contribution in [0.25, 0.3) is 21.8 Å². The standard InChI is InChI=1S/C42H40N4O8/c1-49-31-15-21(16-32(50-2)39(31)53-5)37-35-25(23-11-7-9-13-27(23)43-35)19-29-42(48)46-30(41(47)45(29)37)20-26-24-12-8-10-14-28(24)44-36(26)38(46)22-17-33(51-3)40(54-6)34(18-22)52-4/h7-18,29-30,37-38,43-44H,19-20H2,1-6H3/t29-,30+,37-,38+. The summed E-state index contributed by atoms with van der Waals surface area (Å²) >= 11 is 0. The van der Waals surface area contributed by atoms with Gasteiger partial charge in [-0.25, -0.2) is 0 Å². The zero-order chi connectivity index (χ0) is 37.4. The first-order valence-corrected chi connectivity index (χ1v) is 17.8. The number of fused-ring (bicyclic) bond motifs is 8. The lowest BCUT2D eigenvalue weighted by Gasteiger charge is -2.53. The average Bonchev–Trinajstić information content (AvgIpc) is 3.78. The molecule has 276 valence electrons. The number of methoxy groups -OCH3 is 6. The first-order chi connectivity index (χ1) is 26.3. The topological polar surface area (TPSA) is 128 Å². The molecular weight excluding hydrogens is 688 g/mol. The van der Waals surface area contributed by atoms with E-state index in [9.17, 15) is 0 Å². The second kappa shape index (κ2) is 12.7. The normalized spacial score (nSPS) is 20.3. The number of ether oxygens (including phenoxy) is 6. The minimum absolute atomic E-state index is 0.156. The number of hydrogen-bond donors (Lipinski definition) is 2. The third-order valence-corrected chi connectivity index (χ3v) is 11.3. The number of aromatic nitrogens is 2. The van der Waals surface area contributed by atoms with Crippen LogP contribution < -0.4 is 28.4 Å². The summed E-state index contributed by atoms with van der Waals surface area (Å²) in [5.74, 6) is 2.37. The zero-order valence-electron chi connectivity index (χ0n) is 30.8. The summed E-state index contributed by atoms with van der Waals surface area (Å²) in [4.78, 5) is 41.9. The number of nitrogens with one attached hydrogen (secondary N) is 2. The van der Waals surface area contributed by atoms with Crippen molar-refractivity contribution in [1.82, 2.24) is 19.8 Å². The first-order valence-electron chi connectivity index (χ1n) is 17.8. The molecule has 5 heterocycles. The third kappa shape index (κ3) is 4.68. The van der Waals surface area contributed by atoms with Crippen LogP contribution in [0.1, 0.15) is 45.7 Å². The maximum atomic E-state index is 15.5. The van der Waals surface area contributed by atoms with Crippen molar-refractivity contribution < 1.29 is 38.0 Å². The van der Waals surface area contributed by atoms with Gasteiger partial charge in [-0.2, -0.15) is 0 Å². The fourth-order valence-corrected chi connectivity index (χ4v) is 9.06. The van der Waals surface area contributed by atoms with Crippen molar-refractivity contribution in [2.24, 2.45) is 0 Å². The molecule has 1 saturated heterocycles. The van der Waals surface area contributed by atoms with Gasteiger partial charge in [-0.1, -0.05) is 36.4 Å². The summed E-state index contributed by atoms with van der Waals surface area (Å²) in [6.07, 6.45) is 0.658. The van der Waals surface area contributed by atoms with E-state index in [-0.39, 0.29) is 11.8 Å². The molecule has 0 spiro atoms. The Morgan fingerprint density at radius 3 is 1.20 bits per heavy atom. The number of benzene rings is 4. The molecule has 12 heteroatoms. The molecule has 9 rings (SSSR count). The number of amides is 2. The van der Waals surface area contributed by atoms with Gasteiger partial charge in [-0.05, 0) is 58.7 Å². The molecule has 2 amide bonds. The molecule has 0 bridgehead atoms. The molecule has 4 aromatic carbocycles. The monoisotopic (exact) mass is 728 g/mol. The Morgan fingerprint density at radius 2 is 0.870 bits per heavy atom. The van der Waals surface area contributed by atoms with E-state index in [4.69, 9.17) is 28.4 Å². The molecule has 12 nitrogen and oxygen atoms in total. The predicted octanol–water partition coefficient (Wildman–Crippen LogP) is 6.10. The number of para-hydroxylation sites is 2.